The van der Waals surface area contributed by atoms with Gasteiger partial charge < -0.3 is 14.9 Å². The molecule has 25 heavy (non-hydrogen) atoms. The van der Waals surface area contributed by atoms with Crippen LogP contribution in [0.3, 0.4) is 0 Å². The van der Waals surface area contributed by atoms with Crippen LogP contribution in [0.5, 0.6) is 5.75 Å². The van der Waals surface area contributed by atoms with Crippen LogP contribution < -0.4 is 4.90 Å². The van der Waals surface area contributed by atoms with Gasteiger partial charge in [0, 0.05) is 43.7 Å². The Balaban J connectivity index is 1.43. The maximum Gasteiger partial charge on any atom is 0.253 e. The molecule has 1 aliphatic heterocycles. The zero-order valence-corrected chi connectivity index (χ0v) is 14.5. The van der Waals surface area contributed by atoms with Gasteiger partial charge in [0.05, 0.1) is 0 Å². The highest BCUT2D eigenvalue weighted by Gasteiger charge is 2.29. The SMILES string of the molecule is O=C(c1ccc(O)cc1)N1CCN(c2cc(Cl)nc(C3CC3)n2)CC1. The van der Waals surface area contributed by atoms with E-state index in [1.807, 2.05) is 4.90 Å². The highest BCUT2D eigenvalue weighted by atomic mass is 35.5. The number of nitrogens with zero attached hydrogens (tertiary/aromatic N) is 4. The molecule has 0 unspecified atom stereocenters. The molecule has 4 rings (SSSR count). The molecule has 2 aromatic rings. The zero-order valence-electron chi connectivity index (χ0n) is 13.7. The minimum atomic E-state index is -0.0148. The van der Waals surface area contributed by atoms with Crippen molar-refractivity contribution in [2.75, 3.05) is 31.1 Å². The number of aromatic hydroxyl groups is 1. The van der Waals surface area contributed by atoms with Crippen molar-refractivity contribution >= 4 is 23.3 Å². The fourth-order valence-electron chi connectivity index (χ4n) is 3.03. The summed E-state index contributed by atoms with van der Waals surface area (Å²) in [6.45, 7) is 2.67. The first-order valence-electron chi connectivity index (χ1n) is 8.48. The molecule has 2 fully saturated rings. The molecule has 7 heteroatoms. The first-order chi connectivity index (χ1) is 12.1. The number of carbonyl (C=O) groups excluding carboxylic acids is 1. The van der Waals surface area contributed by atoms with Gasteiger partial charge in [0.1, 0.15) is 22.5 Å². The molecule has 1 aromatic carbocycles. The Hall–Kier alpha value is -2.34. The van der Waals surface area contributed by atoms with E-state index in [0.29, 0.717) is 42.8 Å². The molecule has 1 N–H and O–H groups in total. The number of rotatable bonds is 3. The summed E-state index contributed by atoms with van der Waals surface area (Å²) >= 11 is 6.15. The largest absolute Gasteiger partial charge is 0.508 e. The number of halogens is 1. The molecule has 1 amide bonds. The number of piperazine rings is 1. The molecule has 1 saturated carbocycles. The second kappa shape index (κ2) is 6.52. The number of anilines is 1. The summed E-state index contributed by atoms with van der Waals surface area (Å²) in [5.41, 5.74) is 0.590. The fourth-order valence-corrected chi connectivity index (χ4v) is 3.22. The van der Waals surface area contributed by atoms with Gasteiger partial charge in [-0.3, -0.25) is 4.79 Å². The third kappa shape index (κ3) is 3.54. The molecule has 1 saturated heterocycles. The lowest BCUT2D eigenvalue weighted by atomic mass is 10.1. The van der Waals surface area contributed by atoms with Gasteiger partial charge in [0.2, 0.25) is 0 Å². The lowest BCUT2D eigenvalue weighted by Crippen LogP contribution is -2.49. The van der Waals surface area contributed by atoms with Crippen LogP contribution in [0.1, 0.15) is 34.9 Å². The van der Waals surface area contributed by atoms with Crippen molar-refractivity contribution in [2.45, 2.75) is 18.8 Å². The van der Waals surface area contributed by atoms with Crippen molar-refractivity contribution in [3.8, 4) is 5.75 Å². The Labute approximate surface area is 151 Å². The molecular weight excluding hydrogens is 340 g/mol. The topological polar surface area (TPSA) is 69.6 Å². The molecule has 130 valence electrons. The van der Waals surface area contributed by atoms with Crippen LogP contribution in [0.25, 0.3) is 0 Å². The molecule has 2 aliphatic rings. The molecule has 2 heterocycles. The van der Waals surface area contributed by atoms with E-state index in [0.717, 1.165) is 24.5 Å². The van der Waals surface area contributed by atoms with Gasteiger partial charge in [-0.1, -0.05) is 11.6 Å². The second-order valence-corrected chi connectivity index (χ2v) is 6.89. The van der Waals surface area contributed by atoms with Crippen LogP contribution in [-0.2, 0) is 0 Å². The summed E-state index contributed by atoms with van der Waals surface area (Å²) in [4.78, 5) is 25.5. The molecular formula is C18H19ClN4O2. The number of amides is 1. The van der Waals surface area contributed by atoms with Crippen molar-refractivity contribution in [2.24, 2.45) is 0 Å². The molecule has 0 bridgehead atoms. The predicted molar refractivity (Wildman–Crippen MR) is 95.2 cm³/mol. The summed E-state index contributed by atoms with van der Waals surface area (Å²) in [5, 5.41) is 9.82. The number of aromatic nitrogens is 2. The molecule has 6 nitrogen and oxygen atoms in total. The Bertz CT molecular complexity index is 784. The molecule has 0 radical (unpaired) electrons. The van der Waals surface area contributed by atoms with Crippen molar-refractivity contribution < 1.29 is 9.90 Å². The van der Waals surface area contributed by atoms with E-state index in [-0.39, 0.29) is 11.7 Å². The van der Waals surface area contributed by atoms with Gasteiger partial charge in [-0.2, -0.15) is 0 Å². The van der Waals surface area contributed by atoms with Crippen LogP contribution in [-0.4, -0.2) is 52.1 Å². The van der Waals surface area contributed by atoms with Crippen LogP contribution in [0.15, 0.2) is 30.3 Å². The maximum absolute atomic E-state index is 12.5. The standard InChI is InChI=1S/C18H19ClN4O2/c19-15-11-16(21-17(20-15)12-1-2-12)22-7-9-23(10-8-22)18(25)13-3-5-14(24)6-4-13/h3-6,11-12,24H,1-2,7-10H2. The van der Waals surface area contributed by atoms with Crippen LogP contribution in [0, 0.1) is 0 Å². The van der Waals surface area contributed by atoms with E-state index >= 15 is 0 Å². The van der Waals surface area contributed by atoms with Gasteiger partial charge in [-0.05, 0) is 37.1 Å². The van der Waals surface area contributed by atoms with Crippen molar-refractivity contribution in [1.82, 2.24) is 14.9 Å². The van der Waals surface area contributed by atoms with E-state index in [9.17, 15) is 9.90 Å². The Morgan fingerprint density at radius 2 is 1.76 bits per heavy atom. The summed E-state index contributed by atoms with van der Waals surface area (Å²) in [5.74, 6) is 2.28. The van der Waals surface area contributed by atoms with Crippen molar-refractivity contribution in [3.63, 3.8) is 0 Å². The highest BCUT2D eigenvalue weighted by molar-refractivity contribution is 6.29. The number of carbonyl (C=O) groups is 1. The normalized spacial score (nSPS) is 17.6. The van der Waals surface area contributed by atoms with Gasteiger partial charge in [-0.15, -0.1) is 0 Å². The maximum atomic E-state index is 12.5. The number of hydrogen-bond acceptors (Lipinski definition) is 5. The second-order valence-electron chi connectivity index (χ2n) is 6.51. The van der Waals surface area contributed by atoms with Crippen molar-refractivity contribution in [1.29, 1.82) is 0 Å². The van der Waals surface area contributed by atoms with Crippen molar-refractivity contribution in [3.05, 3.63) is 46.9 Å². The number of hydrogen-bond donors (Lipinski definition) is 1. The molecule has 1 aromatic heterocycles. The lowest BCUT2D eigenvalue weighted by Gasteiger charge is -2.35. The minimum absolute atomic E-state index is 0.0148. The summed E-state index contributed by atoms with van der Waals surface area (Å²) in [6, 6.07) is 8.16. The predicted octanol–water partition coefficient (Wildman–Crippen LogP) is 2.68. The van der Waals surface area contributed by atoms with Gasteiger partial charge in [-0.25, -0.2) is 9.97 Å². The zero-order chi connectivity index (χ0) is 17.4. The Kier molecular flexibility index (Phi) is 4.21. The van der Waals surface area contributed by atoms with Gasteiger partial charge in [0.25, 0.3) is 5.91 Å². The molecule has 1 aliphatic carbocycles. The Morgan fingerprint density at radius 1 is 1.08 bits per heavy atom. The highest BCUT2D eigenvalue weighted by Crippen LogP contribution is 2.39. The third-order valence-corrected chi connectivity index (χ3v) is 4.84. The lowest BCUT2D eigenvalue weighted by molar-refractivity contribution is 0.0746. The van der Waals surface area contributed by atoms with Gasteiger partial charge >= 0.3 is 0 Å². The summed E-state index contributed by atoms with van der Waals surface area (Å²) in [6.07, 6.45) is 2.27. The first-order valence-corrected chi connectivity index (χ1v) is 8.86. The Morgan fingerprint density at radius 3 is 2.40 bits per heavy atom. The van der Waals surface area contributed by atoms with E-state index in [2.05, 4.69) is 14.9 Å². The average molecular weight is 359 g/mol. The van der Waals surface area contributed by atoms with Crippen LogP contribution in [0.4, 0.5) is 5.82 Å². The number of phenols is 1. The van der Waals surface area contributed by atoms with E-state index < -0.39 is 0 Å². The molecule has 0 spiro atoms. The summed E-state index contributed by atoms with van der Waals surface area (Å²) < 4.78 is 0. The minimum Gasteiger partial charge on any atom is -0.508 e. The average Bonchev–Trinajstić information content (AvgIpc) is 3.47. The third-order valence-electron chi connectivity index (χ3n) is 4.65. The quantitative estimate of drug-likeness (QED) is 0.854. The monoisotopic (exact) mass is 358 g/mol. The first kappa shape index (κ1) is 16.1. The molecule has 0 atom stereocenters. The summed E-state index contributed by atoms with van der Waals surface area (Å²) in [7, 11) is 0. The van der Waals surface area contributed by atoms with E-state index in [1.165, 1.54) is 12.1 Å². The van der Waals surface area contributed by atoms with E-state index in [4.69, 9.17) is 11.6 Å². The number of phenolic OH excluding ortho intramolecular Hbond substituents is 1. The van der Waals surface area contributed by atoms with Gasteiger partial charge in [0.15, 0.2) is 0 Å². The number of benzene rings is 1. The smallest absolute Gasteiger partial charge is 0.253 e. The van der Waals surface area contributed by atoms with Crippen LogP contribution in [0.2, 0.25) is 5.15 Å². The fraction of sp³-hybridized carbons (Fsp3) is 0.389. The van der Waals surface area contributed by atoms with E-state index in [1.54, 1.807) is 18.2 Å². The van der Waals surface area contributed by atoms with Crippen LogP contribution >= 0.6 is 11.6 Å².